The van der Waals surface area contributed by atoms with E-state index in [2.05, 4.69) is 5.10 Å². The lowest BCUT2D eigenvalue weighted by atomic mass is 9.95. The van der Waals surface area contributed by atoms with E-state index in [9.17, 15) is 4.79 Å². The van der Waals surface area contributed by atoms with Gasteiger partial charge in [0.05, 0.1) is 24.6 Å². The summed E-state index contributed by atoms with van der Waals surface area (Å²) in [7, 11) is 0. The number of carbonyl (C=O) groups is 1. The van der Waals surface area contributed by atoms with Crippen molar-refractivity contribution >= 4 is 5.91 Å². The molecule has 6 nitrogen and oxygen atoms in total. The average molecular weight is 355 g/mol. The molecule has 2 aliphatic rings. The summed E-state index contributed by atoms with van der Waals surface area (Å²) in [5.41, 5.74) is 3.77. The van der Waals surface area contributed by atoms with E-state index < -0.39 is 0 Å². The van der Waals surface area contributed by atoms with Gasteiger partial charge in [0.1, 0.15) is 0 Å². The van der Waals surface area contributed by atoms with E-state index in [1.807, 2.05) is 53.8 Å². The summed E-state index contributed by atoms with van der Waals surface area (Å²) in [6.45, 7) is 6.89. The monoisotopic (exact) mass is 355 g/mol. The molecule has 0 N–H and O–H groups in total. The van der Waals surface area contributed by atoms with Crippen molar-refractivity contribution in [1.29, 1.82) is 0 Å². The summed E-state index contributed by atoms with van der Waals surface area (Å²) in [5, 5.41) is 4.49. The first-order chi connectivity index (χ1) is 12.6. The molecule has 0 bridgehead atoms. The number of nitrogens with zero attached hydrogens (tertiary/aromatic N) is 3. The number of hydrogen-bond acceptors (Lipinski definition) is 4. The normalized spacial score (nSPS) is 19.2. The number of hydrogen-bond donors (Lipinski definition) is 0. The van der Waals surface area contributed by atoms with Crippen molar-refractivity contribution in [2.45, 2.75) is 33.0 Å². The third-order valence-electron chi connectivity index (χ3n) is 5.23. The number of aromatic nitrogens is 2. The van der Waals surface area contributed by atoms with Crippen LogP contribution in [0.1, 0.15) is 34.6 Å². The lowest BCUT2D eigenvalue weighted by Gasteiger charge is -2.33. The van der Waals surface area contributed by atoms with Gasteiger partial charge in [-0.2, -0.15) is 5.10 Å². The molecule has 0 unspecified atom stereocenters. The number of benzene rings is 1. The molecule has 0 spiro atoms. The molecule has 1 aromatic carbocycles. The minimum absolute atomic E-state index is 0.0766. The topological polar surface area (TPSA) is 56.6 Å². The van der Waals surface area contributed by atoms with Crippen LogP contribution < -0.4 is 0 Å². The van der Waals surface area contributed by atoms with E-state index in [4.69, 9.17) is 9.47 Å². The number of aryl methyl sites for hydroxylation is 2. The van der Waals surface area contributed by atoms with Crippen LogP contribution in [-0.2, 0) is 9.47 Å². The van der Waals surface area contributed by atoms with Gasteiger partial charge in [0.25, 0.3) is 5.91 Å². The molecule has 4 rings (SSSR count). The van der Waals surface area contributed by atoms with Crippen LogP contribution >= 0.6 is 0 Å². The highest BCUT2D eigenvalue weighted by atomic mass is 16.7. The van der Waals surface area contributed by atoms with Crippen molar-refractivity contribution in [2.75, 3.05) is 26.3 Å². The first-order valence-electron chi connectivity index (χ1n) is 9.28. The second-order valence-corrected chi connectivity index (χ2v) is 7.13. The fourth-order valence-corrected chi connectivity index (χ4v) is 3.84. The molecule has 2 aliphatic heterocycles. The van der Waals surface area contributed by atoms with E-state index in [1.54, 1.807) is 0 Å². The smallest absolute Gasteiger partial charge is 0.253 e. The summed E-state index contributed by atoms with van der Waals surface area (Å²) >= 11 is 0. The van der Waals surface area contributed by atoms with Crippen LogP contribution in [0.25, 0.3) is 5.69 Å². The predicted molar refractivity (Wildman–Crippen MR) is 97.4 cm³/mol. The first-order valence-corrected chi connectivity index (χ1v) is 9.28. The molecule has 0 saturated carbocycles. The molecule has 2 saturated heterocycles. The maximum absolute atomic E-state index is 12.8. The fraction of sp³-hybridized carbons (Fsp3) is 0.500. The Hall–Kier alpha value is -2.18. The van der Waals surface area contributed by atoms with E-state index in [1.165, 1.54) is 0 Å². The van der Waals surface area contributed by atoms with Crippen LogP contribution in [0.2, 0.25) is 0 Å². The minimum atomic E-state index is -0.0766. The molecular formula is C20H25N3O3. The predicted octanol–water partition coefficient (Wildman–Crippen LogP) is 2.71. The Balaban J connectivity index is 1.40. The molecule has 0 atom stereocenters. The van der Waals surface area contributed by atoms with Gasteiger partial charge < -0.3 is 14.4 Å². The van der Waals surface area contributed by atoms with Crippen molar-refractivity contribution in [3.05, 3.63) is 47.3 Å². The molecule has 0 aliphatic carbocycles. The highest BCUT2D eigenvalue weighted by Crippen LogP contribution is 2.26. The van der Waals surface area contributed by atoms with E-state index >= 15 is 0 Å². The highest BCUT2D eigenvalue weighted by Gasteiger charge is 2.32. The maximum atomic E-state index is 12.8. The Morgan fingerprint density at radius 3 is 2.31 bits per heavy atom. The molecule has 138 valence electrons. The van der Waals surface area contributed by atoms with Gasteiger partial charge in [-0.25, -0.2) is 4.68 Å². The number of carbonyl (C=O) groups excluding carboxylic acids is 1. The third-order valence-corrected chi connectivity index (χ3v) is 5.23. The molecule has 26 heavy (non-hydrogen) atoms. The minimum Gasteiger partial charge on any atom is -0.350 e. The molecule has 2 fully saturated rings. The zero-order valence-corrected chi connectivity index (χ0v) is 15.4. The van der Waals surface area contributed by atoms with Gasteiger partial charge in [-0.05, 0) is 57.0 Å². The molecule has 1 aromatic heterocycles. The Morgan fingerprint density at radius 2 is 1.73 bits per heavy atom. The average Bonchev–Trinajstić information content (AvgIpc) is 3.31. The van der Waals surface area contributed by atoms with Crippen LogP contribution in [0.3, 0.4) is 0 Å². The second kappa shape index (κ2) is 7.21. The van der Waals surface area contributed by atoms with E-state index in [0.717, 1.165) is 48.6 Å². The van der Waals surface area contributed by atoms with Crippen LogP contribution in [0.15, 0.2) is 30.3 Å². The van der Waals surface area contributed by atoms with Crippen molar-refractivity contribution in [3.8, 4) is 5.69 Å². The Morgan fingerprint density at radius 1 is 1.08 bits per heavy atom. The number of amides is 1. The number of ether oxygens (including phenoxy) is 2. The van der Waals surface area contributed by atoms with Crippen LogP contribution in [-0.4, -0.2) is 53.2 Å². The molecule has 3 heterocycles. The highest BCUT2D eigenvalue weighted by molar-refractivity contribution is 5.94. The number of piperidine rings is 1. The van der Waals surface area contributed by atoms with Gasteiger partial charge in [0.15, 0.2) is 6.29 Å². The summed E-state index contributed by atoms with van der Waals surface area (Å²) in [5.74, 6) is 0.492. The van der Waals surface area contributed by atoms with Gasteiger partial charge >= 0.3 is 0 Å². The third kappa shape index (κ3) is 3.39. The van der Waals surface area contributed by atoms with Crippen LogP contribution in [0, 0.1) is 19.8 Å². The molecule has 0 radical (unpaired) electrons. The van der Waals surface area contributed by atoms with Crippen molar-refractivity contribution in [1.82, 2.24) is 14.7 Å². The maximum Gasteiger partial charge on any atom is 0.253 e. The van der Waals surface area contributed by atoms with Gasteiger partial charge in [0.2, 0.25) is 0 Å². The lowest BCUT2D eigenvalue weighted by molar-refractivity contribution is -0.0956. The summed E-state index contributed by atoms with van der Waals surface area (Å²) < 4.78 is 13.1. The Bertz CT molecular complexity index is 770. The Kier molecular flexibility index (Phi) is 4.78. The van der Waals surface area contributed by atoms with Crippen molar-refractivity contribution in [3.63, 3.8) is 0 Å². The summed E-state index contributed by atoms with van der Waals surface area (Å²) in [6, 6.07) is 9.74. The van der Waals surface area contributed by atoms with Gasteiger partial charge in [-0.15, -0.1) is 0 Å². The Labute approximate surface area is 153 Å². The number of likely N-dealkylation sites (tertiary alicyclic amines) is 1. The van der Waals surface area contributed by atoms with Crippen LogP contribution in [0.5, 0.6) is 0 Å². The first kappa shape index (κ1) is 17.2. The van der Waals surface area contributed by atoms with E-state index in [-0.39, 0.29) is 12.2 Å². The largest absolute Gasteiger partial charge is 0.350 e. The lowest BCUT2D eigenvalue weighted by Crippen LogP contribution is -2.41. The summed E-state index contributed by atoms with van der Waals surface area (Å²) in [6.07, 6.45) is 1.79. The van der Waals surface area contributed by atoms with Gasteiger partial charge in [0, 0.05) is 30.3 Å². The zero-order chi connectivity index (χ0) is 18.1. The van der Waals surface area contributed by atoms with Gasteiger partial charge in [-0.3, -0.25) is 4.79 Å². The zero-order valence-electron chi connectivity index (χ0n) is 15.4. The molecule has 2 aromatic rings. The second-order valence-electron chi connectivity index (χ2n) is 7.13. The number of rotatable bonds is 3. The van der Waals surface area contributed by atoms with Gasteiger partial charge in [-0.1, -0.05) is 0 Å². The van der Waals surface area contributed by atoms with Crippen molar-refractivity contribution < 1.29 is 14.3 Å². The molecular weight excluding hydrogens is 330 g/mol. The quantitative estimate of drug-likeness (QED) is 0.849. The van der Waals surface area contributed by atoms with E-state index in [0.29, 0.717) is 19.1 Å². The summed E-state index contributed by atoms with van der Waals surface area (Å²) in [4.78, 5) is 14.7. The fourth-order valence-electron chi connectivity index (χ4n) is 3.84. The van der Waals surface area contributed by atoms with Crippen molar-refractivity contribution in [2.24, 2.45) is 5.92 Å². The standard InChI is InChI=1S/C20H25N3O3/c1-14-13-15(2)23(21-14)18-5-3-16(4-6-18)19(24)22-9-7-17(8-10-22)20-25-11-12-26-20/h3-6,13,17,20H,7-12H2,1-2H3. The molecule has 6 heteroatoms. The molecule has 1 amide bonds. The SMILES string of the molecule is Cc1cc(C)n(-c2ccc(C(=O)N3CCC(C4OCCO4)CC3)cc2)n1. The van der Waals surface area contributed by atoms with Crippen LogP contribution in [0.4, 0.5) is 0 Å².